The summed E-state index contributed by atoms with van der Waals surface area (Å²) in [6.45, 7) is 0. The van der Waals surface area contributed by atoms with Crippen LogP contribution in [0.5, 0.6) is 5.75 Å². The van der Waals surface area contributed by atoms with Gasteiger partial charge in [0.2, 0.25) is 0 Å². The van der Waals surface area contributed by atoms with Crippen LogP contribution in [-0.2, 0) is 9.53 Å². The zero-order chi connectivity index (χ0) is 18.5. The van der Waals surface area contributed by atoms with Crippen LogP contribution in [0.1, 0.15) is 21.5 Å². The quantitative estimate of drug-likeness (QED) is 0.640. The van der Waals surface area contributed by atoms with E-state index in [2.05, 4.69) is 0 Å². The fourth-order valence-electron chi connectivity index (χ4n) is 3.68. The van der Waals surface area contributed by atoms with Crippen molar-refractivity contribution in [3.05, 3.63) is 89.2 Å². The van der Waals surface area contributed by atoms with Crippen molar-refractivity contribution in [2.45, 2.75) is 0 Å². The summed E-state index contributed by atoms with van der Waals surface area (Å²) in [5.74, 6) is 0.522. The van der Waals surface area contributed by atoms with Crippen molar-refractivity contribution >= 4 is 33.7 Å². The Labute approximate surface area is 155 Å². The second-order valence-corrected chi connectivity index (χ2v) is 6.49. The molecule has 130 valence electrons. The highest BCUT2D eigenvalue weighted by Gasteiger charge is 2.36. The number of carbonyl (C=O) groups excluding carboxylic acids is 2. The van der Waals surface area contributed by atoms with Crippen molar-refractivity contribution in [3.8, 4) is 5.75 Å². The number of fused-ring (bicyclic) bond motifs is 4. The molecule has 0 fully saturated rings. The van der Waals surface area contributed by atoms with E-state index >= 15 is 0 Å². The number of hydrogen-bond acceptors (Lipinski definition) is 4. The largest absolute Gasteiger partial charge is 0.497 e. The van der Waals surface area contributed by atoms with Crippen molar-refractivity contribution in [1.29, 1.82) is 0 Å². The Morgan fingerprint density at radius 1 is 0.815 bits per heavy atom. The first-order valence-corrected chi connectivity index (χ1v) is 8.56. The Kier molecular flexibility index (Phi) is 3.28. The summed E-state index contributed by atoms with van der Waals surface area (Å²) >= 11 is 0. The van der Waals surface area contributed by atoms with Crippen molar-refractivity contribution in [2.75, 3.05) is 7.11 Å². The van der Waals surface area contributed by atoms with Crippen molar-refractivity contribution in [1.82, 2.24) is 0 Å². The molecule has 0 N–H and O–H groups in total. The van der Waals surface area contributed by atoms with E-state index in [0.29, 0.717) is 22.5 Å². The summed E-state index contributed by atoms with van der Waals surface area (Å²) in [6, 6.07) is 18.9. The summed E-state index contributed by atoms with van der Waals surface area (Å²) in [7, 11) is 1.63. The lowest BCUT2D eigenvalue weighted by Crippen LogP contribution is -2.08. The molecular formula is C23H14O4. The van der Waals surface area contributed by atoms with Gasteiger partial charge in [0.1, 0.15) is 11.5 Å². The highest BCUT2D eigenvalue weighted by Crippen LogP contribution is 2.43. The monoisotopic (exact) mass is 354 g/mol. The first kappa shape index (κ1) is 15.6. The van der Waals surface area contributed by atoms with Crippen LogP contribution in [-0.4, -0.2) is 18.9 Å². The van der Waals surface area contributed by atoms with Crippen molar-refractivity contribution in [2.24, 2.45) is 0 Å². The Hall–Kier alpha value is -3.66. The minimum absolute atomic E-state index is 0.149. The van der Waals surface area contributed by atoms with Crippen LogP contribution in [0.2, 0.25) is 0 Å². The third-order valence-corrected chi connectivity index (χ3v) is 4.96. The van der Waals surface area contributed by atoms with E-state index in [0.717, 1.165) is 27.6 Å². The van der Waals surface area contributed by atoms with Crippen LogP contribution in [0, 0.1) is 0 Å². The molecule has 2 aliphatic rings. The average Bonchev–Trinajstić information content (AvgIpc) is 3.03. The second-order valence-electron chi connectivity index (χ2n) is 6.49. The molecule has 0 saturated heterocycles. The van der Waals surface area contributed by atoms with Gasteiger partial charge in [-0.2, -0.15) is 0 Å². The third-order valence-electron chi connectivity index (χ3n) is 4.96. The molecule has 4 nitrogen and oxygen atoms in total. The fraction of sp³-hybridized carbons (Fsp3) is 0.0435. The summed E-state index contributed by atoms with van der Waals surface area (Å²) in [6.07, 6.45) is 1.40. The van der Waals surface area contributed by atoms with E-state index in [1.165, 1.54) is 6.08 Å². The minimum atomic E-state index is -0.436. The van der Waals surface area contributed by atoms with Gasteiger partial charge < -0.3 is 9.47 Å². The molecule has 0 bridgehead atoms. The molecule has 27 heavy (non-hydrogen) atoms. The maximum atomic E-state index is 12.6. The lowest BCUT2D eigenvalue weighted by atomic mass is 9.86. The van der Waals surface area contributed by atoms with Gasteiger partial charge in [0.25, 0.3) is 0 Å². The Morgan fingerprint density at radius 2 is 1.56 bits per heavy atom. The molecule has 0 amide bonds. The van der Waals surface area contributed by atoms with Crippen LogP contribution >= 0.6 is 0 Å². The number of benzene rings is 3. The van der Waals surface area contributed by atoms with E-state index in [9.17, 15) is 9.59 Å². The van der Waals surface area contributed by atoms with Crippen LogP contribution in [0.4, 0.5) is 0 Å². The molecule has 4 heteroatoms. The van der Waals surface area contributed by atoms with Gasteiger partial charge in [-0.3, -0.25) is 4.79 Å². The summed E-state index contributed by atoms with van der Waals surface area (Å²) in [5, 5.41) is 2.01. The molecule has 0 unspecified atom stereocenters. The van der Waals surface area contributed by atoms with Gasteiger partial charge in [-0.05, 0) is 40.1 Å². The molecule has 3 aromatic rings. The number of ketones is 1. The molecule has 1 heterocycles. The van der Waals surface area contributed by atoms with E-state index in [-0.39, 0.29) is 5.78 Å². The number of ether oxygens (including phenoxy) is 2. The van der Waals surface area contributed by atoms with E-state index in [1.54, 1.807) is 13.2 Å². The van der Waals surface area contributed by atoms with Gasteiger partial charge in [0.15, 0.2) is 5.78 Å². The lowest BCUT2D eigenvalue weighted by molar-refractivity contribution is -0.131. The second kappa shape index (κ2) is 5.68. The van der Waals surface area contributed by atoms with Gasteiger partial charge in [0.05, 0.1) is 12.7 Å². The van der Waals surface area contributed by atoms with Crippen LogP contribution in [0.3, 0.4) is 0 Å². The zero-order valence-corrected chi connectivity index (χ0v) is 14.5. The number of methoxy groups -OCH3 is 1. The first-order valence-electron chi connectivity index (χ1n) is 8.56. The van der Waals surface area contributed by atoms with Crippen molar-refractivity contribution in [3.63, 3.8) is 0 Å². The molecular weight excluding hydrogens is 340 g/mol. The lowest BCUT2D eigenvalue weighted by Gasteiger charge is -2.14. The molecule has 1 aliphatic heterocycles. The SMILES string of the molecule is COc1ccc2cc(C3=C4C(=CC(=O)c5ccccc54)OC3=O)ccc2c1. The normalized spacial score (nSPS) is 15.4. The predicted molar refractivity (Wildman–Crippen MR) is 102 cm³/mol. The average molecular weight is 354 g/mol. The predicted octanol–water partition coefficient (Wildman–Crippen LogP) is 4.40. The fourth-order valence-corrected chi connectivity index (χ4v) is 3.68. The Bertz CT molecular complexity index is 1210. The first-order chi connectivity index (χ1) is 13.2. The number of allylic oxidation sites excluding steroid dienone is 2. The van der Waals surface area contributed by atoms with Gasteiger partial charge in [-0.25, -0.2) is 4.79 Å². The summed E-state index contributed by atoms with van der Waals surface area (Å²) in [5.41, 5.74) is 3.25. The molecule has 0 spiro atoms. The topological polar surface area (TPSA) is 52.6 Å². The summed E-state index contributed by atoms with van der Waals surface area (Å²) in [4.78, 5) is 25.0. The molecule has 0 saturated carbocycles. The standard InChI is InChI=1S/C23H14O4/c1-26-16-9-8-13-10-15(7-6-14(13)11-16)21-22-18-5-3-2-4-17(18)19(24)12-20(22)27-23(21)25/h2-12H,1H3. The molecule has 0 aromatic heterocycles. The molecule has 0 atom stereocenters. The number of carbonyl (C=O) groups is 2. The Balaban J connectivity index is 1.75. The van der Waals surface area contributed by atoms with Gasteiger partial charge in [-0.1, -0.05) is 42.5 Å². The van der Waals surface area contributed by atoms with Crippen LogP contribution < -0.4 is 4.74 Å². The Morgan fingerprint density at radius 3 is 2.37 bits per heavy atom. The molecule has 3 aromatic carbocycles. The highest BCUT2D eigenvalue weighted by molar-refractivity contribution is 6.33. The van der Waals surface area contributed by atoms with E-state index < -0.39 is 5.97 Å². The molecule has 0 radical (unpaired) electrons. The maximum absolute atomic E-state index is 12.6. The number of rotatable bonds is 2. The van der Waals surface area contributed by atoms with Gasteiger partial charge in [-0.15, -0.1) is 0 Å². The smallest absolute Gasteiger partial charge is 0.344 e. The summed E-state index contributed by atoms with van der Waals surface area (Å²) < 4.78 is 10.7. The van der Waals surface area contributed by atoms with Crippen LogP contribution in [0.25, 0.3) is 21.9 Å². The maximum Gasteiger partial charge on any atom is 0.344 e. The van der Waals surface area contributed by atoms with E-state index in [4.69, 9.17) is 9.47 Å². The highest BCUT2D eigenvalue weighted by atomic mass is 16.5. The number of esters is 1. The van der Waals surface area contributed by atoms with Gasteiger partial charge in [0, 0.05) is 17.2 Å². The molecule has 5 rings (SSSR count). The van der Waals surface area contributed by atoms with E-state index in [1.807, 2.05) is 54.6 Å². The number of hydrogen-bond donors (Lipinski definition) is 0. The van der Waals surface area contributed by atoms with Gasteiger partial charge >= 0.3 is 5.97 Å². The van der Waals surface area contributed by atoms with Crippen molar-refractivity contribution < 1.29 is 19.1 Å². The molecule has 1 aliphatic carbocycles. The zero-order valence-electron chi connectivity index (χ0n) is 14.5. The van der Waals surface area contributed by atoms with Crippen LogP contribution in [0.15, 0.2) is 72.5 Å². The third kappa shape index (κ3) is 2.30. The minimum Gasteiger partial charge on any atom is -0.497 e.